The Morgan fingerprint density at radius 2 is 2.00 bits per heavy atom. The Bertz CT molecular complexity index is 335. The molecule has 1 aromatic rings. The lowest BCUT2D eigenvalue weighted by atomic mass is 10.1. The monoisotopic (exact) mass is 223 g/mol. The molecule has 4 heteroatoms. The molecule has 1 atom stereocenters. The molecule has 1 rings (SSSR count). The molecule has 2 N–H and O–H groups in total. The number of hydrogen-bond donors (Lipinski definition) is 1. The van der Waals surface area contributed by atoms with Crippen molar-refractivity contribution < 1.29 is 14.3 Å². The third-order valence-corrected chi connectivity index (χ3v) is 2.19. The third-order valence-electron chi connectivity index (χ3n) is 2.19. The van der Waals surface area contributed by atoms with Crippen LogP contribution in [0.1, 0.15) is 12.5 Å². The van der Waals surface area contributed by atoms with Gasteiger partial charge >= 0.3 is 5.97 Å². The van der Waals surface area contributed by atoms with Gasteiger partial charge in [0.25, 0.3) is 0 Å². The van der Waals surface area contributed by atoms with E-state index < -0.39 is 12.0 Å². The molecule has 0 aliphatic rings. The van der Waals surface area contributed by atoms with Crippen LogP contribution in [0.5, 0.6) is 5.75 Å². The van der Waals surface area contributed by atoms with Crippen LogP contribution >= 0.6 is 0 Å². The minimum absolute atomic E-state index is 0.395. The first-order valence-corrected chi connectivity index (χ1v) is 5.22. The molecule has 0 saturated carbocycles. The highest BCUT2D eigenvalue weighted by Gasteiger charge is 2.13. The second-order valence-corrected chi connectivity index (χ2v) is 3.41. The molecule has 0 heterocycles. The maximum Gasteiger partial charge on any atom is 0.322 e. The molecule has 1 unspecified atom stereocenters. The Morgan fingerprint density at radius 3 is 2.50 bits per heavy atom. The number of nitrogens with two attached hydrogens (primary N) is 1. The molecule has 0 spiro atoms. The van der Waals surface area contributed by atoms with Crippen LogP contribution in [0.4, 0.5) is 0 Å². The lowest BCUT2D eigenvalue weighted by Gasteiger charge is -2.09. The number of carbonyl (C=O) groups is 1. The summed E-state index contributed by atoms with van der Waals surface area (Å²) >= 11 is 0. The average molecular weight is 223 g/mol. The number of methoxy groups -OCH3 is 1. The van der Waals surface area contributed by atoms with E-state index in [2.05, 4.69) is 4.74 Å². The Kier molecular flexibility index (Phi) is 4.79. The van der Waals surface area contributed by atoms with Gasteiger partial charge < -0.3 is 15.2 Å². The lowest BCUT2D eigenvalue weighted by Crippen LogP contribution is -2.33. The van der Waals surface area contributed by atoms with E-state index >= 15 is 0 Å². The summed E-state index contributed by atoms with van der Waals surface area (Å²) in [5, 5.41) is 0. The highest BCUT2D eigenvalue weighted by atomic mass is 16.5. The number of ether oxygens (including phenoxy) is 2. The van der Waals surface area contributed by atoms with Crippen molar-refractivity contribution in [1.29, 1.82) is 0 Å². The van der Waals surface area contributed by atoms with E-state index in [9.17, 15) is 4.79 Å². The normalized spacial score (nSPS) is 11.9. The molecule has 4 nitrogen and oxygen atoms in total. The molecule has 88 valence electrons. The predicted octanol–water partition coefficient (Wildman–Crippen LogP) is 1.13. The summed E-state index contributed by atoms with van der Waals surface area (Å²) in [6.07, 6.45) is 0.471. The van der Waals surface area contributed by atoms with Crippen LogP contribution in [0.2, 0.25) is 0 Å². The Morgan fingerprint density at radius 1 is 1.38 bits per heavy atom. The van der Waals surface area contributed by atoms with Crippen molar-refractivity contribution in [3.05, 3.63) is 29.8 Å². The van der Waals surface area contributed by atoms with Crippen molar-refractivity contribution in [3.63, 3.8) is 0 Å². The van der Waals surface area contributed by atoms with Crippen molar-refractivity contribution >= 4 is 5.97 Å². The van der Waals surface area contributed by atoms with Gasteiger partial charge in [-0.25, -0.2) is 0 Å². The first-order valence-electron chi connectivity index (χ1n) is 5.22. The van der Waals surface area contributed by atoms with Crippen LogP contribution in [-0.4, -0.2) is 25.7 Å². The number of rotatable bonds is 5. The van der Waals surface area contributed by atoms with E-state index in [-0.39, 0.29) is 0 Å². The highest BCUT2D eigenvalue weighted by Crippen LogP contribution is 2.13. The second-order valence-electron chi connectivity index (χ2n) is 3.41. The minimum atomic E-state index is -0.608. The van der Waals surface area contributed by atoms with Crippen molar-refractivity contribution in [2.75, 3.05) is 13.7 Å². The van der Waals surface area contributed by atoms with Gasteiger partial charge in [0.15, 0.2) is 0 Å². The summed E-state index contributed by atoms with van der Waals surface area (Å²) in [6.45, 7) is 2.57. The SMILES string of the molecule is CCOc1ccc(CC(N)C(=O)OC)cc1. The molecule has 0 aliphatic heterocycles. The zero-order chi connectivity index (χ0) is 12.0. The molecule has 0 aliphatic carbocycles. The molecule has 1 aromatic carbocycles. The summed E-state index contributed by atoms with van der Waals surface area (Å²) < 4.78 is 9.87. The molecule has 0 saturated heterocycles. The fourth-order valence-corrected chi connectivity index (χ4v) is 1.38. The standard InChI is InChI=1S/C12H17NO3/c1-3-16-10-6-4-9(5-7-10)8-11(13)12(14)15-2/h4-7,11H,3,8,13H2,1-2H3. The number of carbonyl (C=O) groups excluding carboxylic acids is 1. The lowest BCUT2D eigenvalue weighted by molar-refractivity contribution is -0.142. The Balaban J connectivity index is 2.58. The topological polar surface area (TPSA) is 61.5 Å². The molecule has 0 fully saturated rings. The van der Waals surface area contributed by atoms with Crippen LogP contribution < -0.4 is 10.5 Å². The maximum absolute atomic E-state index is 11.1. The Labute approximate surface area is 95.3 Å². The first kappa shape index (κ1) is 12.5. The van der Waals surface area contributed by atoms with E-state index in [1.54, 1.807) is 0 Å². The van der Waals surface area contributed by atoms with Crippen LogP contribution in [0.15, 0.2) is 24.3 Å². The van der Waals surface area contributed by atoms with Crippen molar-refractivity contribution in [2.24, 2.45) is 5.73 Å². The average Bonchev–Trinajstić information content (AvgIpc) is 2.31. The number of hydrogen-bond acceptors (Lipinski definition) is 4. The van der Waals surface area contributed by atoms with E-state index in [1.807, 2.05) is 31.2 Å². The molecule has 0 amide bonds. The molecular weight excluding hydrogens is 206 g/mol. The second kappa shape index (κ2) is 6.12. The third kappa shape index (κ3) is 3.55. The zero-order valence-electron chi connectivity index (χ0n) is 9.60. The zero-order valence-corrected chi connectivity index (χ0v) is 9.60. The van der Waals surface area contributed by atoms with Gasteiger partial charge in [0.2, 0.25) is 0 Å². The van der Waals surface area contributed by atoms with Gasteiger partial charge in [0.05, 0.1) is 13.7 Å². The van der Waals surface area contributed by atoms with E-state index in [0.29, 0.717) is 13.0 Å². The number of benzene rings is 1. The minimum Gasteiger partial charge on any atom is -0.494 e. The summed E-state index contributed by atoms with van der Waals surface area (Å²) in [5.41, 5.74) is 6.64. The summed E-state index contributed by atoms with van der Waals surface area (Å²) in [5.74, 6) is 0.423. The van der Waals surface area contributed by atoms with Crippen molar-refractivity contribution in [1.82, 2.24) is 0 Å². The van der Waals surface area contributed by atoms with Crippen LogP contribution in [0, 0.1) is 0 Å². The molecule has 16 heavy (non-hydrogen) atoms. The van der Waals surface area contributed by atoms with Crippen LogP contribution in [0.3, 0.4) is 0 Å². The fraction of sp³-hybridized carbons (Fsp3) is 0.417. The van der Waals surface area contributed by atoms with E-state index in [0.717, 1.165) is 11.3 Å². The van der Waals surface area contributed by atoms with Gasteiger partial charge in [0.1, 0.15) is 11.8 Å². The van der Waals surface area contributed by atoms with Gasteiger partial charge in [-0.2, -0.15) is 0 Å². The highest BCUT2D eigenvalue weighted by molar-refractivity contribution is 5.75. The van der Waals surface area contributed by atoms with Crippen LogP contribution in [-0.2, 0) is 16.0 Å². The largest absolute Gasteiger partial charge is 0.494 e. The van der Waals surface area contributed by atoms with E-state index in [4.69, 9.17) is 10.5 Å². The summed E-state index contributed by atoms with van der Waals surface area (Å²) in [6, 6.07) is 6.91. The van der Waals surface area contributed by atoms with Crippen molar-refractivity contribution in [3.8, 4) is 5.75 Å². The molecule has 0 aromatic heterocycles. The summed E-state index contributed by atoms with van der Waals surface area (Å²) in [4.78, 5) is 11.1. The predicted molar refractivity (Wildman–Crippen MR) is 61.3 cm³/mol. The van der Waals surface area contributed by atoms with E-state index in [1.165, 1.54) is 7.11 Å². The van der Waals surface area contributed by atoms with Gasteiger partial charge in [-0.05, 0) is 31.0 Å². The van der Waals surface area contributed by atoms with Gasteiger partial charge in [-0.1, -0.05) is 12.1 Å². The molecule has 0 radical (unpaired) electrons. The smallest absolute Gasteiger partial charge is 0.322 e. The van der Waals surface area contributed by atoms with Crippen LogP contribution in [0.25, 0.3) is 0 Å². The first-order chi connectivity index (χ1) is 7.67. The molecular formula is C12H17NO3. The molecule has 0 bridgehead atoms. The summed E-state index contributed by atoms with van der Waals surface area (Å²) in [7, 11) is 1.33. The quantitative estimate of drug-likeness (QED) is 0.760. The van der Waals surface area contributed by atoms with Gasteiger partial charge in [-0.15, -0.1) is 0 Å². The Hall–Kier alpha value is -1.55. The maximum atomic E-state index is 11.1. The van der Waals surface area contributed by atoms with Gasteiger partial charge in [-0.3, -0.25) is 4.79 Å². The van der Waals surface area contributed by atoms with Crippen molar-refractivity contribution in [2.45, 2.75) is 19.4 Å². The number of esters is 1. The fourth-order valence-electron chi connectivity index (χ4n) is 1.38. The van der Waals surface area contributed by atoms with Gasteiger partial charge in [0, 0.05) is 0 Å².